The molecule has 0 radical (unpaired) electrons. The number of hydrogen-bond donors (Lipinski definition) is 3. The molecular formula is C8H18N2O. The number of nitrogens with two attached hydrogens (primary N) is 1. The fourth-order valence-corrected chi connectivity index (χ4v) is 1.68. The molecule has 1 aliphatic rings. The minimum atomic E-state index is -0.670. The first kappa shape index (κ1) is 8.97. The topological polar surface area (TPSA) is 58.3 Å². The molecule has 66 valence electrons. The number of aliphatic hydroxyl groups is 1. The summed E-state index contributed by atoms with van der Waals surface area (Å²) in [6, 6.07) is 0.220. The fraction of sp³-hybridized carbons (Fsp3) is 1.00. The van der Waals surface area contributed by atoms with Gasteiger partial charge in [0.1, 0.15) is 0 Å². The smallest absolute Gasteiger partial charge is 0.0918 e. The summed E-state index contributed by atoms with van der Waals surface area (Å²) in [6.45, 7) is 3.36. The molecule has 2 unspecified atom stereocenters. The molecule has 0 aliphatic carbocycles. The van der Waals surface area contributed by atoms with E-state index in [0.29, 0.717) is 6.54 Å². The van der Waals surface area contributed by atoms with Crippen LogP contribution in [0.4, 0.5) is 0 Å². The fourth-order valence-electron chi connectivity index (χ4n) is 1.68. The first-order chi connectivity index (χ1) is 5.23. The van der Waals surface area contributed by atoms with E-state index in [0.717, 1.165) is 25.8 Å². The Morgan fingerprint density at radius 3 is 2.82 bits per heavy atom. The molecule has 3 heteroatoms. The molecule has 0 aromatic rings. The SMILES string of the molecule is CCC(O)(CN)C1CCCN1. The second-order valence-corrected chi connectivity index (χ2v) is 3.31. The van der Waals surface area contributed by atoms with Crippen molar-refractivity contribution < 1.29 is 5.11 Å². The molecule has 0 saturated carbocycles. The zero-order valence-electron chi connectivity index (χ0n) is 7.14. The molecule has 0 aromatic heterocycles. The van der Waals surface area contributed by atoms with Crippen molar-refractivity contribution in [1.82, 2.24) is 5.32 Å². The quantitative estimate of drug-likeness (QED) is 0.535. The molecule has 0 amide bonds. The number of nitrogens with one attached hydrogen (secondary N) is 1. The van der Waals surface area contributed by atoms with Crippen molar-refractivity contribution in [2.45, 2.75) is 37.8 Å². The lowest BCUT2D eigenvalue weighted by Crippen LogP contribution is -2.52. The Morgan fingerprint density at radius 1 is 1.73 bits per heavy atom. The van der Waals surface area contributed by atoms with Gasteiger partial charge in [-0.05, 0) is 25.8 Å². The van der Waals surface area contributed by atoms with E-state index < -0.39 is 5.60 Å². The highest BCUT2D eigenvalue weighted by Crippen LogP contribution is 2.21. The monoisotopic (exact) mass is 158 g/mol. The zero-order valence-corrected chi connectivity index (χ0v) is 7.14. The standard InChI is InChI=1S/C8H18N2O/c1-2-8(11,6-9)7-4-3-5-10-7/h7,10-11H,2-6,9H2,1H3. The summed E-state index contributed by atoms with van der Waals surface area (Å²) in [5.74, 6) is 0. The molecule has 1 saturated heterocycles. The molecule has 0 bridgehead atoms. The molecule has 3 nitrogen and oxygen atoms in total. The van der Waals surface area contributed by atoms with Gasteiger partial charge in [-0.2, -0.15) is 0 Å². The molecule has 0 spiro atoms. The summed E-state index contributed by atoms with van der Waals surface area (Å²) in [5.41, 5.74) is 4.84. The second-order valence-electron chi connectivity index (χ2n) is 3.31. The summed E-state index contributed by atoms with van der Waals surface area (Å²) in [6.07, 6.45) is 2.95. The van der Waals surface area contributed by atoms with Gasteiger partial charge in [0.25, 0.3) is 0 Å². The van der Waals surface area contributed by atoms with E-state index in [1.54, 1.807) is 0 Å². The van der Waals surface area contributed by atoms with Crippen LogP contribution >= 0.6 is 0 Å². The van der Waals surface area contributed by atoms with Crippen molar-refractivity contribution in [3.8, 4) is 0 Å². The average molecular weight is 158 g/mol. The highest BCUT2D eigenvalue weighted by Gasteiger charge is 2.35. The van der Waals surface area contributed by atoms with Crippen LogP contribution in [-0.2, 0) is 0 Å². The maximum Gasteiger partial charge on any atom is 0.0918 e. The molecule has 11 heavy (non-hydrogen) atoms. The third-order valence-electron chi connectivity index (χ3n) is 2.67. The third kappa shape index (κ3) is 1.72. The summed E-state index contributed by atoms with van der Waals surface area (Å²) in [7, 11) is 0. The van der Waals surface area contributed by atoms with Gasteiger partial charge >= 0.3 is 0 Å². The molecular weight excluding hydrogens is 140 g/mol. The Hall–Kier alpha value is -0.120. The van der Waals surface area contributed by atoms with Crippen LogP contribution in [0, 0.1) is 0 Å². The summed E-state index contributed by atoms with van der Waals surface area (Å²) in [5, 5.41) is 13.2. The largest absolute Gasteiger partial charge is 0.387 e. The van der Waals surface area contributed by atoms with Crippen LogP contribution in [0.25, 0.3) is 0 Å². The molecule has 4 N–H and O–H groups in total. The molecule has 2 atom stereocenters. The normalized spacial score (nSPS) is 30.3. The van der Waals surface area contributed by atoms with Crippen LogP contribution in [-0.4, -0.2) is 29.8 Å². The molecule has 1 aliphatic heterocycles. The second kappa shape index (κ2) is 3.52. The molecule has 1 rings (SSSR count). The maximum absolute atomic E-state index is 9.94. The lowest BCUT2D eigenvalue weighted by Gasteiger charge is -2.31. The minimum Gasteiger partial charge on any atom is -0.387 e. The highest BCUT2D eigenvalue weighted by atomic mass is 16.3. The maximum atomic E-state index is 9.94. The predicted octanol–water partition coefficient (Wildman–Crippen LogP) is -0.162. The Morgan fingerprint density at radius 2 is 2.45 bits per heavy atom. The Labute approximate surface area is 68.0 Å². The van der Waals surface area contributed by atoms with Gasteiger partial charge in [-0.15, -0.1) is 0 Å². The minimum absolute atomic E-state index is 0.220. The van der Waals surface area contributed by atoms with Crippen molar-refractivity contribution in [2.24, 2.45) is 5.73 Å². The van der Waals surface area contributed by atoms with Crippen molar-refractivity contribution >= 4 is 0 Å². The third-order valence-corrected chi connectivity index (χ3v) is 2.67. The zero-order chi connectivity index (χ0) is 8.32. The van der Waals surface area contributed by atoms with Gasteiger partial charge in [0.15, 0.2) is 0 Å². The average Bonchev–Trinajstić information content (AvgIpc) is 2.55. The first-order valence-corrected chi connectivity index (χ1v) is 4.39. The van der Waals surface area contributed by atoms with E-state index in [1.807, 2.05) is 6.92 Å². The van der Waals surface area contributed by atoms with E-state index in [2.05, 4.69) is 5.32 Å². The van der Waals surface area contributed by atoms with Gasteiger partial charge in [-0.1, -0.05) is 6.92 Å². The van der Waals surface area contributed by atoms with Gasteiger partial charge in [0.05, 0.1) is 5.60 Å². The van der Waals surface area contributed by atoms with E-state index in [9.17, 15) is 5.11 Å². The summed E-state index contributed by atoms with van der Waals surface area (Å²) in [4.78, 5) is 0. The lowest BCUT2D eigenvalue weighted by molar-refractivity contribution is 0.0124. The molecule has 1 heterocycles. The van der Waals surface area contributed by atoms with E-state index in [-0.39, 0.29) is 6.04 Å². The highest BCUT2D eigenvalue weighted by molar-refractivity contribution is 4.94. The van der Waals surface area contributed by atoms with E-state index in [4.69, 9.17) is 5.73 Å². The number of rotatable bonds is 3. The van der Waals surface area contributed by atoms with Crippen LogP contribution in [0.2, 0.25) is 0 Å². The van der Waals surface area contributed by atoms with Crippen LogP contribution in [0.5, 0.6) is 0 Å². The van der Waals surface area contributed by atoms with E-state index in [1.165, 1.54) is 0 Å². The van der Waals surface area contributed by atoms with Crippen LogP contribution in [0.15, 0.2) is 0 Å². The van der Waals surface area contributed by atoms with Crippen LogP contribution in [0.3, 0.4) is 0 Å². The van der Waals surface area contributed by atoms with Crippen LogP contribution in [0.1, 0.15) is 26.2 Å². The predicted molar refractivity (Wildman–Crippen MR) is 45.3 cm³/mol. The van der Waals surface area contributed by atoms with Gasteiger partial charge in [-0.3, -0.25) is 0 Å². The van der Waals surface area contributed by atoms with Gasteiger partial charge in [-0.25, -0.2) is 0 Å². The van der Waals surface area contributed by atoms with Gasteiger partial charge in [0.2, 0.25) is 0 Å². The summed E-state index contributed by atoms with van der Waals surface area (Å²) < 4.78 is 0. The molecule has 0 aromatic carbocycles. The number of hydrogen-bond acceptors (Lipinski definition) is 3. The lowest BCUT2D eigenvalue weighted by atomic mass is 9.90. The van der Waals surface area contributed by atoms with Crippen molar-refractivity contribution in [3.63, 3.8) is 0 Å². The summed E-state index contributed by atoms with van der Waals surface area (Å²) >= 11 is 0. The first-order valence-electron chi connectivity index (χ1n) is 4.39. The van der Waals surface area contributed by atoms with Crippen molar-refractivity contribution in [2.75, 3.05) is 13.1 Å². The van der Waals surface area contributed by atoms with Crippen LogP contribution < -0.4 is 11.1 Å². The van der Waals surface area contributed by atoms with Crippen molar-refractivity contribution in [1.29, 1.82) is 0 Å². The van der Waals surface area contributed by atoms with E-state index >= 15 is 0 Å². The van der Waals surface area contributed by atoms with Gasteiger partial charge < -0.3 is 16.2 Å². The van der Waals surface area contributed by atoms with Crippen molar-refractivity contribution in [3.05, 3.63) is 0 Å². The van der Waals surface area contributed by atoms with Gasteiger partial charge in [0, 0.05) is 12.6 Å². The Bertz CT molecular complexity index is 117. The molecule has 1 fully saturated rings. The Balaban J connectivity index is 2.52. The Kier molecular flexibility index (Phi) is 2.87.